The Balaban J connectivity index is 1.08. The van der Waals surface area contributed by atoms with Crippen molar-refractivity contribution in [2.45, 2.75) is 5.41 Å². The molecule has 0 unspecified atom stereocenters. The predicted molar refractivity (Wildman–Crippen MR) is 228 cm³/mol. The lowest BCUT2D eigenvalue weighted by Gasteiger charge is -2.39. The van der Waals surface area contributed by atoms with E-state index in [9.17, 15) is 0 Å². The summed E-state index contributed by atoms with van der Waals surface area (Å²) in [5.41, 5.74) is 11.5. The molecule has 56 heavy (non-hydrogen) atoms. The topological polar surface area (TPSA) is 35.0 Å². The first-order valence-corrected chi connectivity index (χ1v) is 19.2. The van der Waals surface area contributed by atoms with Crippen molar-refractivity contribution in [1.82, 2.24) is 9.97 Å². The highest BCUT2D eigenvalue weighted by molar-refractivity contribution is 6.25. The van der Waals surface area contributed by atoms with Crippen LogP contribution in [0.5, 0.6) is 11.5 Å². The van der Waals surface area contributed by atoms with Gasteiger partial charge in [0.15, 0.2) is 5.82 Å². The summed E-state index contributed by atoms with van der Waals surface area (Å²) in [5, 5.41) is 7.45. The largest absolute Gasteiger partial charge is 0.457 e. The molecule has 12 rings (SSSR count). The van der Waals surface area contributed by atoms with Gasteiger partial charge in [0.05, 0.1) is 16.8 Å². The van der Waals surface area contributed by atoms with Gasteiger partial charge in [-0.25, -0.2) is 9.97 Å². The first-order chi connectivity index (χ1) is 27.8. The quantitative estimate of drug-likeness (QED) is 0.171. The van der Waals surface area contributed by atoms with Gasteiger partial charge in [0, 0.05) is 27.8 Å². The number of nitrogens with zero attached hydrogens (tertiary/aromatic N) is 2. The summed E-state index contributed by atoms with van der Waals surface area (Å²) >= 11 is 0. The normalized spacial score (nSPS) is 13.3. The molecule has 9 aromatic carbocycles. The van der Waals surface area contributed by atoms with Gasteiger partial charge in [-0.05, 0) is 78.8 Å². The molecule has 0 saturated heterocycles. The molecule has 2 heterocycles. The molecule has 0 fully saturated rings. The molecule has 0 amide bonds. The molecule has 1 spiro atoms. The second-order valence-electron chi connectivity index (χ2n) is 14.8. The van der Waals surface area contributed by atoms with Gasteiger partial charge >= 0.3 is 0 Å². The van der Waals surface area contributed by atoms with Gasteiger partial charge in [-0.2, -0.15) is 0 Å². The minimum Gasteiger partial charge on any atom is -0.457 e. The molecular formula is C53H32N2O. The van der Waals surface area contributed by atoms with Gasteiger partial charge in [0.2, 0.25) is 0 Å². The van der Waals surface area contributed by atoms with E-state index in [1.54, 1.807) is 0 Å². The number of ether oxygens (including phenoxy) is 1. The first-order valence-electron chi connectivity index (χ1n) is 19.2. The third-order valence-electron chi connectivity index (χ3n) is 11.9. The van der Waals surface area contributed by atoms with Gasteiger partial charge in [-0.1, -0.05) is 170 Å². The zero-order valence-electron chi connectivity index (χ0n) is 30.3. The Hall–Kier alpha value is -7.36. The summed E-state index contributed by atoms with van der Waals surface area (Å²) in [6, 6.07) is 69.4. The van der Waals surface area contributed by atoms with Crippen LogP contribution in [-0.4, -0.2) is 9.97 Å². The maximum absolute atomic E-state index is 6.87. The van der Waals surface area contributed by atoms with E-state index in [1.165, 1.54) is 54.6 Å². The second-order valence-corrected chi connectivity index (χ2v) is 14.8. The van der Waals surface area contributed by atoms with Gasteiger partial charge in [0.25, 0.3) is 0 Å². The molecule has 3 heteroatoms. The first kappa shape index (κ1) is 31.0. The molecule has 1 aliphatic heterocycles. The molecule has 0 bridgehead atoms. The summed E-state index contributed by atoms with van der Waals surface area (Å²) in [6.45, 7) is 0. The lowest BCUT2D eigenvalue weighted by Crippen LogP contribution is -2.32. The van der Waals surface area contributed by atoms with E-state index in [-0.39, 0.29) is 0 Å². The number of fused-ring (bicyclic) bond motifs is 15. The molecule has 3 nitrogen and oxygen atoms in total. The van der Waals surface area contributed by atoms with Crippen molar-refractivity contribution >= 4 is 32.3 Å². The zero-order chi connectivity index (χ0) is 36.8. The molecule has 2 aliphatic rings. The van der Waals surface area contributed by atoms with Crippen LogP contribution in [0.2, 0.25) is 0 Å². The minimum atomic E-state index is -0.514. The fourth-order valence-corrected chi connectivity index (χ4v) is 9.55. The third-order valence-corrected chi connectivity index (χ3v) is 11.9. The van der Waals surface area contributed by atoms with Crippen LogP contribution in [0.25, 0.3) is 77.3 Å². The standard InChI is InChI=1S/C53H32N2O/c1-2-14-33(15-3-1)52-54-48(34-26-28-40-38-18-5-4-16-36(38)37-17-6-7-19-39(37)43(40)30-34)32-49(55-52)35-27-29-47-51(31-35)56-50-25-13-12-24-46(50)53(47)44-22-10-8-20-41(44)42-21-9-11-23-45(42)53/h1-32H. The Morgan fingerprint density at radius 3 is 1.46 bits per heavy atom. The summed E-state index contributed by atoms with van der Waals surface area (Å²) in [7, 11) is 0. The molecule has 0 radical (unpaired) electrons. The van der Waals surface area contributed by atoms with Crippen molar-refractivity contribution < 1.29 is 4.74 Å². The van der Waals surface area contributed by atoms with Crippen LogP contribution in [0.3, 0.4) is 0 Å². The van der Waals surface area contributed by atoms with Crippen molar-refractivity contribution in [3.63, 3.8) is 0 Å². The van der Waals surface area contributed by atoms with E-state index < -0.39 is 5.41 Å². The summed E-state index contributed by atoms with van der Waals surface area (Å²) in [4.78, 5) is 10.5. The van der Waals surface area contributed by atoms with Crippen LogP contribution in [0.1, 0.15) is 22.3 Å². The van der Waals surface area contributed by atoms with Crippen LogP contribution in [-0.2, 0) is 5.41 Å². The maximum Gasteiger partial charge on any atom is 0.160 e. The van der Waals surface area contributed by atoms with E-state index in [4.69, 9.17) is 14.7 Å². The minimum absolute atomic E-state index is 0.514. The second kappa shape index (κ2) is 11.8. The van der Waals surface area contributed by atoms with Crippen LogP contribution in [0.15, 0.2) is 194 Å². The lowest BCUT2D eigenvalue weighted by molar-refractivity contribution is 0.436. The Kier molecular flexibility index (Phi) is 6.55. The number of hydrogen-bond donors (Lipinski definition) is 0. The van der Waals surface area contributed by atoms with Crippen molar-refractivity contribution in [2.24, 2.45) is 0 Å². The highest BCUT2D eigenvalue weighted by atomic mass is 16.5. The van der Waals surface area contributed by atoms with Crippen molar-refractivity contribution in [3.8, 4) is 56.5 Å². The Morgan fingerprint density at radius 1 is 0.321 bits per heavy atom. The van der Waals surface area contributed by atoms with E-state index in [0.717, 1.165) is 50.7 Å². The monoisotopic (exact) mass is 712 g/mol. The van der Waals surface area contributed by atoms with Crippen LogP contribution in [0.4, 0.5) is 0 Å². The molecule has 1 aromatic heterocycles. The summed E-state index contributed by atoms with van der Waals surface area (Å²) in [6.07, 6.45) is 0. The summed E-state index contributed by atoms with van der Waals surface area (Å²) in [5.74, 6) is 2.38. The number of hydrogen-bond acceptors (Lipinski definition) is 3. The molecule has 0 N–H and O–H groups in total. The fraction of sp³-hybridized carbons (Fsp3) is 0.0189. The lowest BCUT2D eigenvalue weighted by atomic mass is 9.66. The molecule has 260 valence electrons. The van der Waals surface area contributed by atoms with E-state index in [0.29, 0.717) is 5.82 Å². The van der Waals surface area contributed by atoms with Crippen LogP contribution < -0.4 is 4.74 Å². The molecule has 0 atom stereocenters. The van der Waals surface area contributed by atoms with Gasteiger partial charge < -0.3 is 4.74 Å². The van der Waals surface area contributed by atoms with Crippen molar-refractivity contribution in [2.75, 3.05) is 0 Å². The van der Waals surface area contributed by atoms with Crippen molar-refractivity contribution in [3.05, 3.63) is 216 Å². The van der Waals surface area contributed by atoms with E-state index >= 15 is 0 Å². The predicted octanol–water partition coefficient (Wildman–Crippen LogP) is 13.4. The maximum atomic E-state index is 6.87. The number of rotatable bonds is 3. The van der Waals surface area contributed by atoms with Gasteiger partial charge in [-0.15, -0.1) is 0 Å². The molecule has 1 aliphatic carbocycles. The SMILES string of the molecule is c1ccc(-c2nc(-c3ccc4c(c3)Oc3ccccc3C43c4ccccc4-c4ccccc43)cc(-c3ccc4c5ccccc5c5ccccc5c4c3)n2)cc1. The highest BCUT2D eigenvalue weighted by Gasteiger charge is 2.50. The van der Waals surface area contributed by atoms with E-state index in [1.807, 2.05) is 18.2 Å². The van der Waals surface area contributed by atoms with Crippen LogP contribution in [0, 0.1) is 0 Å². The molecular weight excluding hydrogens is 681 g/mol. The number of para-hydroxylation sites is 1. The smallest absolute Gasteiger partial charge is 0.160 e. The van der Waals surface area contributed by atoms with E-state index in [2.05, 4.69) is 176 Å². The fourth-order valence-electron chi connectivity index (χ4n) is 9.55. The molecule has 10 aromatic rings. The molecule has 0 saturated carbocycles. The Bertz CT molecular complexity index is 3160. The average Bonchev–Trinajstić information content (AvgIpc) is 3.57. The third kappa shape index (κ3) is 4.34. The Labute approximate surface area is 324 Å². The summed E-state index contributed by atoms with van der Waals surface area (Å²) < 4.78 is 6.87. The zero-order valence-corrected chi connectivity index (χ0v) is 30.3. The average molecular weight is 713 g/mol. The Morgan fingerprint density at radius 2 is 0.804 bits per heavy atom. The van der Waals surface area contributed by atoms with Crippen LogP contribution >= 0.6 is 0 Å². The van der Waals surface area contributed by atoms with Gasteiger partial charge in [0.1, 0.15) is 11.5 Å². The number of aromatic nitrogens is 2. The number of benzene rings is 9. The highest BCUT2D eigenvalue weighted by Crippen LogP contribution is 2.62. The van der Waals surface area contributed by atoms with Crippen molar-refractivity contribution in [1.29, 1.82) is 0 Å². The van der Waals surface area contributed by atoms with Gasteiger partial charge in [-0.3, -0.25) is 0 Å².